The van der Waals surface area contributed by atoms with Crippen molar-refractivity contribution in [3.05, 3.63) is 52.8 Å². The lowest BCUT2D eigenvalue weighted by Gasteiger charge is -2.19. The summed E-state index contributed by atoms with van der Waals surface area (Å²) < 4.78 is 12.4. The number of carbonyl (C=O) groups is 4. The summed E-state index contributed by atoms with van der Waals surface area (Å²) in [5, 5.41) is 2.72. The Morgan fingerprint density at radius 1 is 1.09 bits per heavy atom. The Labute approximate surface area is 204 Å². The summed E-state index contributed by atoms with van der Waals surface area (Å²) in [5.74, 6) is -0.697. The van der Waals surface area contributed by atoms with E-state index in [1.54, 1.807) is 13.2 Å². The van der Waals surface area contributed by atoms with E-state index in [2.05, 4.69) is 9.88 Å². The fourth-order valence-corrected chi connectivity index (χ4v) is 5.00. The van der Waals surface area contributed by atoms with Gasteiger partial charge in [-0.2, -0.15) is 0 Å². The highest BCUT2D eigenvalue weighted by molar-refractivity contribution is 6.09. The number of ketones is 1. The van der Waals surface area contributed by atoms with Crippen molar-refractivity contribution < 1.29 is 28.7 Å². The van der Waals surface area contributed by atoms with Crippen LogP contribution in [0, 0.1) is 13.8 Å². The Bertz CT molecular complexity index is 1140. The molecule has 1 saturated carbocycles. The zero-order chi connectivity index (χ0) is 25.2. The number of hydrogen-bond donors (Lipinski definition) is 1. The smallest absolute Gasteiger partial charge is 0.326 e. The van der Waals surface area contributed by atoms with Gasteiger partial charge in [0, 0.05) is 23.5 Å². The normalized spacial score (nSPS) is 16.6. The molecule has 1 aliphatic heterocycles. The van der Waals surface area contributed by atoms with E-state index in [1.807, 2.05) is 38.1 Å². The molecule has 1 N–H and O–H groups in total. The molecule has 1 spiro atoms. The van der Waals surface area contributed by atoms with E-state index in [9.17, 15) is 19.2 Å². The van der Waals surface area contributed by atoms with E-state index >= 15 is 0 Å². The molecule has 1 saturated heterocycles. The van der Waals surface area contributed by atoms with E-state index in [-0.39, 0.29) is 11.7 Å². The molecule has 2 aromatic rings. The number of nitrogens with zero attached hydrogens (tertiary/aromatic N) is 2. The average Bonchev–Trinajstić information content (AvgIpc) is 3.50. The monoisotopic (exact) mass is 481 g/mol. The van der Waals surface area contributed by atoms with E-state index in [4.69, 9.17) is 9.47 Å². The van der Waals surface area contributed by atoms with Gasteiger partial charge in [0.15, 0.2) is 6.61 Å². The van der Waals surface area contributed by atoms with Crippen LogP contribution in [0.15, 0.2) is 30.3 Å². The Morgan fingerprint density at radius 2 is 1.77 bits per heavy atom. The van der Waals surface area contributed by atoms with Crippen LogP contribution < -0.4 is 10.1 Å². The largest absolute Gasteiger partial charge is 0.497 e. The number of aromatic nitrogens is 1. The third-order valence-corrected chi connectivity index (χ3v) is 7.01. The van der Waals surface area contributed by atoms with Crippen LogP contribution >= 0.6 is 0 Å². The molecule has 0 radical (unpaired) electrons. The summed E-state index contributed by atoms with van der Waals surface area (Å²) in [6.07, 6.45) is 3.66. The van der Waals surface area contributed by atoms with Crippen LogP contribution in [-0.2, 0) is 27.3 Å². The van der Waals surface area contributed by atoms with Crippen LogP contribution in [0.5, 0.6) is 5.75 Å². The number of ether oxygens (including phenoxy) is 2. The van der Waals surface area contributed by atoms with Crippen LogP contribution in [-0.4, -0.2) is 59.0 Å². The van der Waals surface area contributed by atoms with Gasteiger partial charge in [0.1, 0.15) is 17.8 Å². The molecule has 0 bridgehead atoms. The zero-order valence-electron chi connectivity index (χ0n) is 20.4. The van der Waals surface area contributed by atoms with E-state index in [1.165, 1.54) is 0 Å². The summed E-state index contributed by atoms with van der Waals surface area (Å²) in [6.45, 7) is 3.55. The number of nitrogens with one attached hydrogen (secondary N) is 1. The van der Waals surface area contributed by atoms with Crippen molar-refractivity contribution >= 4 is 23.7 Å². The van der Waals surface area contributed by atoms with Crippen LogP contribution in [0.25, 0.3) is 0 Å². The Balaban J connectivity index is 1.32. The number of esters is 1. The van der Waals surface area contributed by atoms with Gasteiger partial charge >= 0.3 is 12.0 Å². The molecule has 35 heavy (non-hydrogen) atoms. The molecule has 3 amide bonds. The van der Waals surface area contributed by atoms with Crippen molar-refractivity contribution in [1.82, 2.24) is 14.8 Å². The van der Waals surface area contributed by atoms with Crippen molar-refractivity contribution in [1.29, 1.82) is 0 Å². The minimum absolute atomic E-state index is 0.327. The highest BCUT2D eigenvalue weighted by atomic mass is 16.5. The lowest BCUT2D eigenvalue weighted by Crippen LogP contribution is -2.44. The zero-order valence-corrected chi connectivity index (χ0v) is 20.4. The molecular weight excluding hydrogens is 450 g/mol. The van der Waals surface area contributed by atoms with Crippen molar-refractivity contribution in [2.45, 2.75) is 58.0 Å². The number of carbonyl (C=O) groups excluding carboxylic acids is 4. The second-order valence-corrected chi connectivity index (χ2v) is 9.23. The van der Waals surface area contributed by atoms with E-state index in [0.29, 0.717) is 24.9 Å². The maximum absolute atomic E-state index is 12.8. The molecular formula is C26H31N3O6. The molecule has 2 heterocycles. The van der Waals surface area contributed by atoms with Gasteiger partial charge in [0.2, 0.25) is 5.78 Å². The van der Waals surface area contributed by atoms with Gasteiger partial charge < -0.3 is 19.4 Å². The van der Waals surface area contributed by atoms with Gasteiger partial charge in [-0.3, -0.25) is 19.3 Å². The molecule has 9 heteroatoms. The van der Waals surface area contributed by atoms with Crippen LogP contribution in [0.4, 0.5) is 4.79 Å². The van der Waals surface area contributed by atoms with Crippen LogP contribution in [0.3, 0.4) is 0 Å². The molecule has 0 atom stereocenters. The standard InChI is InChI=1S/C26H31N3O6/c1-17-14-21(18(2)28(17)13-10-19-6-8-20(34-3)9-7-19)22(30)16-35-23(31)15-29-24(32)26(27-25(29)33)11-4-5-12-26/h6-9,14H,4-5,10-13,15-16H2,1-3H3,(H,27,33). The topological polar surface area (TPSA) is 107 Å². The van der Waals surface area contributed by atoms with Gasteiger partial charge in [-0.25, -0.2) is 4.79 Å². The van der Waals surface area contributed by atoms with Gasteiger partial charge in [0.25, 0.3) is 5.91 Å². The third kappa shape index (κ3) is 4.94. The quantitative estimate of drug-likeness (QED) is 0.335. The molecule has 1 aromatic heterocycles. The van der Waals surface area contributed by atoms with E-state index in [0.717, 1.165) is 46.9 Å². The minimum atomic E-state index is -0.878. The lowest BCUT2D eigenvalue weighted by atomic mass is 9.98. The van der Waals surface area contributed by atoms with Gasteiger partial charge in [0.05, 0.1) is 7.11 Å². The summed E-state index contributed by atoms with van der Waals surface area (Å²) in [7, 11) is 1.63. The molecule has 9 nitrogen and oxygen atoms in total. The number of imide groups is 1. The lowest BCUT2D eigenvalue weighted by molar-refractivity contribution is -0.146. The molecule has 0 unspecified atom stereocenters. The number of benzene rings is 1. The number of rotatable bonds is 9. The predicted molar refractivity (Wildman–Crippen MR) is 127 cm³/mol. The first-order chi connectivity index (χ1) is 16.7. The minimum Gasteiger partial charge on any atom is -0.497 e. The van der Waals surface area contributed by atoms with Crippen LogP contribution in [0.1, 0.15) is 53.0 Å². The van der Waals surface area contributed by atoms with Crippen molar-refractivity contribution in [3.8, 4) is 5.75 Å². The Morgan fingerprint density at radius 3 is 2.43 bits per heavy atom. The molecule has 2 aliphatic rings. The third-order valence-electron chi connectivity index (χ3n) is 7.01. The SMILES string of the molecule is COc1ccc(CCn2c(C)cc(C(=O)COC(=O)CN3C(=O)NC4(CCCC4)C3=O)c2C)cc1. The fourth-order valence-electron chi connectivity index (χ4n) is 5.00. The van der Waals surface area contributed by atoms with Crippen molar-refractivity contribution in [2.24, 2.45) is 0 Å². The first kappa shape index (κ1) is 24.5. The van der Waals surface area contributed by atoms with Gasteiger partial charge in [-0.05, 0) is 56.9 Å². The first-order valence-electron chi connectivity index (χ1n) is 11.9. The highest BCUT2D eigenvalue weighted by Gasteiger charge is 2.52. The number of methoxy groups -OCH3 is 1. The fraction of sp³-hybridized carbons (Fsp3) is 0.462. The predicted octanol–water partition coefficient (Wildman–Crippen LogP) is 2.95. The van der Waals surface area contributed by atoms with Crippen molar-refractivity contribution in [2.75, 3.05) is 20.3 Å². The molecule has 186 valence electrons. The maximum atomic E-state index is 12.8. The Kier molecular flexibility index (Phi) is 6.95. The summed E-state index contributed by atoms with van der Waals surface area (Å²) in [4.78, 5) is 50.9. The molecule has 2 fully saturated rings. The summed E-state index contributed by atoms with van der Waals surface area (Å²) >= 11 is 0. The highest BCUT2D eigenvalue weighted by Crippen LogP contribution is 2.34. The number of aryl methyl sites for hydroxylation is 2. The van der Waals surface area contributed by atoms with Gasteiger partial charge in [-0.1, -0.05) is 25.0 Å². The van der Waals surface area contributed by atoms with Gasteiger partial charge in [-0.15, -0.1) is 0 Å². The first-order valence-corrected chi connectivity index (χ1v) is 11.9. The summed E-state index contributed by atoms with van der Waals surface area (Å²) in [6, 6.07) is 9.07. The number of amides is 3. The Hall–Kier alpha value is -3.62. The molecule has 1 aliphatic carbocycles. The summed E-state index contributed by atoms with van der Waals surface area (Å²) in [5.41, 5.74) is 2.50. The van der Waals surface area contributed by atoms with Crippen molar-refractivity contribution in [3.63, 3.8) is 0 Å². The number of urea groups is 1. The number of hydrogen-bond acceptors (Lipinski definition) is 6. The number of Topliss-reactive ketones (excluding diaryl/α,β-unsaturated/α-hetero) is 1. The second-order valence-electron chi connectivity index (χ2n) is 9.23. The van der Waals surface area contributed by atoms with Crippen LogP contribution in [0.2, 0.25) is 0 Å². The molecule has 4 rings (SSSR count). The van der Waals surface area contributed by atoms with E-state index < -0.39 is 30.7 Å². The average molecular weight is 482 g/mol. The maximum Gasteiger partial charge on any atom is 0.326 e. The second kappa shape index (κ2) is 9.93. The molecule has 1 aromatic carbocycles.